The lowest BCUT2D eigenvalue weighted by Crippen LogP contribution is -2.48. The molecule has 0 aliphatic carbocycles. The summed E-state index contributed by atoms with van der Waals surface area (Å²) in [5.41, 5.74) is 4.49. The molecule has 96 valence electrons. The minimum absolute atomic E-state index is 0.142. The van der Waals surface area contributed by atoms with Crippen LogP contribution in [-0.4, -0.2) is 26.3 Å². The third kappa shape index (κ3) is 1.75. The monoisotopic (exact) mass is 245 g/mol. The van der Waals surface area contributed by atoms with E-state index in [0.717, 1.165) is 30.9 Å². The lowest BCUT2D eigenvalue weighted by molar-refractivity contribution is 0.277. The molecule has 1 aliphatic rings. The van der Waals surface area contributed by atoms with Crippen LogP contribution in [-0.2, 0) is 18.5 Å². The van der Waals surface area contributed by atoms with Gasteiger partial charge in [-0.05, 0) is 26.8 Å². The number of rotatable bonds is 2. The predicted octanol–water partition coefficient (Wildman–Crippen LogP) is 1.28. The van der Waals surface area contributed by atoms with E-state index < -0.39 is 0 Å². The highest BCUT2D eigenvalue weighted by Crippen LogP contribution is 2.27. The molecule has 0 fully saturated rings. The Bertz CT molecular complexity index is 568. The van der Waals surface area contributed by atoms with Crippen LogP contribution in [0.3, 0.4) is 0 Å². The Morgan fingerprint density at radius 3 is 3.00 bits per heavy atom. The molecule has 5 heteroatoms. The molecule has 0 aromatic carbocycles. The quantitative estimate of drug-likeness (QED) is 0.838. The Balaban J connectivity index is 1.96. The molecule has 18 heavy (non-hydrogen) atoms. The normalized spacial score (nSPS) is 23.1. The fourth-order valence-electron chi connectivity index (χ4n) is 2.80. The fourth-order valence-corrected chi connectivity index (χ4v) is 2.80. The first-order chi connectivity index (χ1) is 8.58. The van der Waals surface area contributed by atoms with Crippen molar-refractivity contribution >= 4 is 0 Å². The first-order valence-electron chi connectivity index (χ1n) is 6.37. The van der Waals surface area contributed by atoms with Crippen LogP contribution in [0.25, 0.3) is 0 Å². The number of nitrogens with one attached hydrogen (secondary N) is 2. The lowest BCUT2D eigenvalue weighted by atomic mass is 9.91. The number of H-pyrrole nitrogens is 1. The number of aromatic amines is 1. The minimum atomic E-state index is -0.142. The molecule has 0 spiro atoms. The molecule has 0 radical (unpaired) electrons. The van der Waals surface area contributed by atoms with E-state index in [0.29, 0.717) is 0 Å². The summed E-state index contributed by atoms with van der Waals surface area (Å²) in [5.74, 6) is 0. The fraction of sp³-hybridized carbons (Fsp3) is 0.538. The van der Waals surface area contributed by atoms with Gasteiger partial charge in [-0.25, -0.2) is 4.98 Å². The Morgan fingerprint density at radius 2 is 2.28 bits per heavy atom. The van der Waals surface area contributed by atoms with Gasteiger partial charge < -0.3 is 10.3 Å². The largest absolute Gasteiger partial charge is 0.348 e. The van der Waals surface area contributed by atoms with Crippen molar-refractivity contribution in [3.05, 3.63) is 35.2 Å². The summed E-state index contributed by atoms with van der Waals surface area (Å²) in [4.78, 5) is 7.72. The van der Waals surface area contributed by atoms with Gasteiger partial charge in [0, 0.05) is 24.4 Å². The molecule has 0 bridgehead atoms. The van der Waals surface area contributed by atoms with Gasteiger partial charge in [-0.1, -0.05) is 0 Å². The molecule has 0 saturated carbocycles. The second kappa shape index (κ2) is 3.95. The maximum atomic E-state index is 4.55. The molecule has 1 atom stereocenters. The van der Waals surface area contributed by atoms with Gasteiger partial charge in [-0.15, -0.1) is 0 Å². The topological polar surface area (TPSA) is 58.5 Å². The summed E-state index contributed by atoms with van der Waals surface area (Å²) in [6.07, 6.45) is 2.80. The van der Waals surface area contributed by atoms with Crippen molar-refractivity contribution in [2.45, 2.75) is 39.3 Å². The lowest BCUT2D eigenvalue weighted by Gasteiger charge is -2.34. The molecule has 2 aromatic heterocycles. The van der Waals surface area contributed by atoms with E-state index in [-0.39, 0.29) is 5.54 Å². The van der Waals surface area contributed by atoms with Gasteiger partial charge in [-0.2, -0.15) is 5.10 Å². The zero-order valence-electron chi connectivity index (χ0n) is 11.1. The number of aromatic nitrogens is 4. The van der Waals surface area contributed by atoms with E-state index in [4.69, 9.17) is 0 Å². The van der Waals surface area contributed by atoms with Crippen molar-refractivity contribution in [2.24, 2.45) is 0 Å². The standard InChI is InChI=1S/C13H19N5/c1-9-6-10(2)18(17-9)7-13(3)12-11(4-5-16-13)14-8-15-12/h6,8,16H,4-5,7H2,1-3H3,(H,14,15). The van der Waals surface area contributed by atoms with Gasteiger partial charge in [0.1, 0.15) is 0 Å². The van der Waals surface area contributed by atoms with Crippen molar-refractivity contribution in [3.63, 3.8) is 0 Å². The maximum Gasteiger partial charge on any atom is 0.0926 e. The van der Waals surface area contributed by atoms with Gasteiger partial charge >= 0.3 is 0 Å². The molecule has 5 nitrogen and oxygen atoms in total. The van der Waals surface area contributed by atoms with Crippen LogP contribution in [0.4, 0.5) is 0 Å². The van der Waals surface area contributed by atoms with Crippen molar-refractivity contribution in [2.75, 3.05) is 6.54 Å². The third-order valence-corrected chi connectivity index (χ3v) is 3.70. The van der Waals surface area contributed by atoms with E-state index in [1.54, 1.807) is 6.33 Å². The first-order valence-corrected chi connectivity index (χ1v) is 6.37. The van der Waals surface area contributed by atoms with Crippen molar-refractivity contribution in [3.8, 4) is 0 Å². The summed E-state index contributed by atoms with van der Waals surface area (Å²) in [6, 6.07) is 2.11. The number of nitrogens with zero attached hydrogens (tertiary/aromatic N) is 3. The summed E-state index contributed by atoms with van der Waals surface area (Å²) in [6.45, 7) is 8.11. The number of fused-ring (bicyclic) bond motifs is 1. The van der Waals surface area contributed by atoms with Crippen LogP contribution >= 0.6 is 0 Å². The third-order valence-electron chi connectivity index (χ3n) is 3.70. The molecule has 3 rings (SSSR count). The maximum absolute atomic E-state index is 4.55. The van der Waals surface area contributed by atoms with Crippen LogP contribution in [0.5, 0.6) is 0 Å². The van der Waals surface area contributed by atoms with Crippen LogP contribution in [0, 0.1) is 13.8 Å². The first kappa shape index (κ1) is 11.5. The Hall–Kier alpha value is -1.62. The highest BCUT2D eigenvalue weighted by molar-refractivity contribution is 5.24. The average Bonchev–Trinajstić information content (AvgIpc) is 2.87. The second-order valence-electron chi connectivity index (χ2n) is 5.32. The summed E-state index contributed by atoms with van der Waals surface area (Å²) in [5, 5.41) is 8.12. The van der Waals surface area contributed by atoms with Crippen LogP contribution in [0.2, 0.25) is 0 Å². The summed E-state index contributed by atoms with van der Waals surface area (Å²) < 4.78 is 2.06. The Labute approximate surface area is 107 Å². The number of aryl methyl sites for hydroxylation is 2. The predicted molar refractivity (Wildman–Crippen MR) is 69.3 cm³/mol. The molecule has 1 unspecified atom stereocenters. The van der Waals surface area contributed by atoms with Gasteiger partial charge in [0.15, 0.2) is 0 Å². The Kier molecular flexibility index (Phi) is 2.52. The number of imidazole rings is 1. The van der Waals surface area contributed by atoms with Crippen molar-refractivity contribution in [1.82, 2.24) is 25.1 Å². The van der Waals surface area contributed by atoms with Gasteiger partial charge in [-0.3, -0.25) is 4.68 Å². The molecular formula is C13H19N5. The summed E-state index contributed by atoms with van der Waals surface area (Å²) in [7, 11) is 0. The Morgan fingerprint density at radius 1 is 1.44 bits per heavy atom. The molecule has 3 heterocycles. The van der Waals surface area contributed by atoms with Crippen LogP contribution in [0.15, 0.2) is 12.4 Å². The van der Waals surface area contributed by atoms with E-state index in [1.165, 1.54) is 11.4 Å². The van der Waals surface area contributed by atoms with Gasteiger partial charge in [0.05, 0.1) is 29.8 Å². The highest BCUT2D eigenvalue weighted by atomic mass is 15.3. The molecule has 1 aliphatic heterocycles. The van der Waals surface area contributed by atoms with Crippen molar-refractivity contribution < 1.29 is 0 Å². The molecular weight excluding hydrogens is 226 g/mol. The molecule has 0 saturated heterocycles. The number of hydrogen-bond acceptors (Lipinski definition) is 3. The van der Waals surface area contributed by atoms with E-state index >= 15 is 0 Å². The van der Waals surface area contributed by atoms with Crippen molar-refractivity contribution in [1.29, 1.82) is 0 Å². The van der Waals surface area contributed by atoms with Crippen LogP contribution < -0.4 is 5.32 Å². The average molecular weight is 245 g/mol. The zero-order chi connectivity index (χ0) is 12.8. The SMILES string of the molecule is Cc1cc(C)n(CC2(C)NCCc3[nH]cnc32)n1. The molecule has 0 amide bonds. The zero-order valence-corrected chi connectivity index (χ0v) is 11.1. The smallest absolute Gasteiger partial charge is 0.0926 e. The van der Waals surface area contributed by atoms with Crippen LogP contribution in [0.1, 0.15) is 29.7 Å². The van der Waals surface area contributed by atoms with Gasteiger partial charge in [0.25, 0.3) is 0 Å². The second-order valence-corrected chi connectivity index (χ2v) is 5.32. The highest BCUT2D eigenvalue weighted by Gasteiger charge is 2.35. The van der Waals surface area contributed by atoms with E-state index in [2.05, 4.69) is 45.0 Å². The molecule has 2 N–H and O–H groups in total. The summed E-state index contributed by atoms with van der Waals surface area (Å²) >= 11 is 0. The van der Waals surface area contributed by atoms with E-state index in [1.807, 2.05) is 6.92 Å². The molecule has 2 aromatic rings. The number of hydrogen-bond donors (Lipinski definition) is 2. The van der Waals surface area contributed by atoms with Gasteiger partial charge in [0.2, 0.25) is 0 Å². The van der Waals surface area contributed by atoms with E-state index in [9.17, 15) is 0 Å². The minimum Gasteiger partial charge on any atom is -0.348 e.